The number of amides is 1. The third kappa shape index (κ3) is 6.03. The fourth-order valence-electron chi connectivity index (χ4n) is 5.30. The third-order valence-electron chi connectivity index (χ3n) is 7.28. The Balaban J connectivity index is 1.31. The fraction of sp³-hybridized carbons (Fsp3) is 0.640. The Morgan fingerprint density at radius 3 is 2.49 bits per heavy atom. The average Bonchev–Trinajstić information content (AvgIpc) is 2.86. The summed E-state index contributed by atoms with van der Waals surface area (Å²) < 4.78 is 41.1. The molecule has 1 aromatic heterocycles. The molecule has 0 radical (unpaired) electrons. The highest BCUT2D eigenvalue weighted by molar-refractivity contribution is 5.83. The summed E-state index contributed by atoms with van der Waals surface area (Å²) >= 11 is 0. The van der Waals surface area contributed by atoms with E-state index < -0.39 is 29.4 Å². The molecule has 1 amide bonds. The molecule has 10 heteroatoms. The van der Waals surface area contributed by atoms with Gasteiger partial charge in [0, 0.05) is 38.8 Å². The first-order valence-electron chi connectivity index (χ1n) is 12.6. The minimum Gasteiger partial charge on any atom is -0.354 e. The SMILES string of the molecule is C[C@H](C(=O)NCCCN1CCN(C2CCCCC2)CC1)n1c(=O)c(C(F)(F)F)nc2ccccc21. The van der Waals surface area contributed by atoms with Gasteiger partial charge in [-0.25, -0.2) is 4.98 Å². The highest BCUT2D eigenvalue weighted by Crippen LogP contribution is 2.27. The van der Waals surface area contributed by atoms with Crippen molar-refractivity contribution >= 4 is 16.9 Å². The summed E-state index contributed by atoms with van der Waals surface area (Å²) in [5.74, 6) is -0.487. The maximum Gasteiger partial charge on any atom is 0.438 e. The van der Waals surface area contributed by atoms with Crippen LogP contribution in [0.3, 0.4) is 0 Å². The lowest BCUT2D eigenvalue weighted by Crippen LogP contribution is -2.51. The van der Waals surface area contributed by atoms with E-state index in [1.807, 2.05) is 0 Å². The lowest BCUT2D eigenvalue weighted by atomic mass is 9.94. The molecule has 1 aliphatic carbocycles. The predicted molar refractivity (Wildman–Crippen MR) is 128 cm³/mol. The highest BCUT2D eigenvalue weighted by atomic mass is 19.4. The molecule has 4 rings (SSSR count). The molecule has 7 nitrogen and oxygen atoms in total. The van der Waals surface area contributed by atoms with Crippen molar-refractivity contribution < 1.29 is 18.0 Å². The number of aromatic nitrogens is 2. The van der Waals surface area contributed by atoms with Gasteiger partial charge in [-0.2, -0.15) is 13.2 Å². The van der Waals surface area contributed by atoms with Gasteiger partial charge >= 0.3 is 6.18 Å². The van der Waals surface area contributed by atoms with E-state index in [9.17, 15) is 22.8 Å². The highest BCUT2D eigenvalue weighted by Gasteiger charge is 2.38. The Hall–Kier alpha value is -2.46. The quantitative estimate of drug-likeness (QED) is 0.599. The molecule has 2 aromatic rings. The van der Waals surface area contributed by atoms with Crippen LogP contribution in [0.1, 0.15) is 57.2 Å². The molecule has 2 heterocycles. The number of benzene rings is 1. The summed E-state index contributed by atoms with van der Waals surface area (Å²) in [5, 5.41) is 2.79. The van der Waals surface area contributed by atoms with Gasteiger partial charge in [0.25, 0.3) is 5.56 Å². The molecule has 1 saturated heterocycles. The monoisotopic (exact) mass is 493 g/mol. The molecular weight excluding hydrogens is 459 g/mol. The van der Waals surface area contributed by atoms with Crippen LogP contribution < -0.4 is 10.9 Å². The zero-order chi connectivity index (χ0) is 25.0. The summed E-state index contributed by atoms with van der Waals surface area (Å²) in [7, 11) is 0. The minimum atomic E-state index is -4.90. The number of alkyl halides is 3. The van der Waals surface area contributed by atoms with Gasteiger partial charge in [0.15, 0.2) is 0 Å². The summed E-state index contributed by atoms with van der Waals surface area (Å²) in [4.78, 5) is 33.9. The lowest BCUT2D eigenvalue weighted by molar-refractivity contribution is -0.142. The van der Waals surface area contributed by atoms with E-state index >= 15 is 0 Å². The summed E-state index contributed by atoms with van der Waals surface area (Å²) in [6.45, 7) is 6.87. The first-order valence-corrected chi connectivity index (χ1v) is 12.6. The van der Waals surface area contributed by atoms with Gasteiger partial charge in [0.05, 0.1) is 11.0 Å². The number of nitrogens with zero attached hydrogens (tertiary/aromatic N) is 4. The van der Waals surface area contributed by atoms with Crippen molar-refractivity contribution in [1.82, 2.24) is 24.7 Å². The second-order valence-corrected chi connectivity index (χ2v) is 9.61. The normalized spacial score (nSPS) is 19.7. The molecular formula is C25H34F3N5O2. The minimum absolute atomic E-state index is 0.0199. The summed E-state index contributed by atoms with van der Waals surface area (Å²) in [6, 6.07) is 5.68. The van der Waals surface area contributed by atoms with E-state index in [-0.39, 0.29) is 11.0 Å². The van der Waals surface area contributed by atoms with Crippen molar-refractivity contribution in [2.75, 3.05) is 39.3 Å². The number of fused-ring (bicyclic) bond motifs is 1. The first kappa shape index (κ1) is 25.6. The van der Waals surface area contributed by atoms with Gasteiger partial charge in [-0.15, -0.1) is 0 Å². The van der Waals surface area contributed by atoms with Crippen molar-refractivity contribution in [3.63, 3.8) is 0 Å². The van der Waals surface area contributed by atoms with Crippen LogP contribution >= 0.6 is 0 Å². The molecule has 1 saturated carbocycles. The van der Waals surface area contributed by atoms with Crippen LogP contribution in [0.5, 0.6) is 0 Å². The van der Waals surface area contributed by atoms with Crippen LogP contribution in [0, 0.1) is 0 Å². The topological polar surface area (TPSA) is 70.5 Å². The van der Waals surface area contributed by atoms with E-state index in [0.29, 0.717) is 6.54 Å². The standard InChI is InChI=1S/C25H34F3N5O2/c1-18(33-21-11-6-5-10-20(21)30-22(24(33)35)25(26,27)28)23(34)29-12-7-13-31-14-16-32(17-15-31)19-8-3-2-4-9-19/h5-6,10-11,18-19H,2-4,7-9,12-17H2,1H3,(H,29,34)/t18-/m1/s1. The van der Waals surface area contributed by atoms with E-state index in [1.54, 1.807) is 12.1 Å². The zero-order valence-corrected chi connectivity index (χ0v) is 20.2. The fourth-order valence-corrected chi connectivity index (χ4v) is 5.30. The number of halogens is 3. The smallest absolute Gasteiger partial charge is 0.354 e. The molecule has 2 fully saturated rings. The third-order valence-corrected chi connectivity index (χ3v) is 7.28. The molecule has 1 N–H and O–H groups in total. The van der Waals surface area contributed by atoms with E-state index in [1.165, 1.54) is 51.2 Å². The van der Waals surface area contributed by atoms with Crippen LogP contribution in [0.25, 0.3) is 11.0 Å². The number of hydrogen-bond donors (Lipinski definition) is 1. The van der Waals surface area contributed by atoms with Gasteiger partial charge in [0.2, 0.25) is 11.6 Å². The molecule has 0 unspecified atom stereocenters. The summed E-state index contributed by atoms with van der Waals surface area (Å²) in [5.41, 5.74) is -2.60. The van der Waals surface area contributed by atoms with Gasteiger partial charge in [0.1, 0.15) is 6.04 Å². The van der Waals surface area contributed by atoms with Crippen LogP contribution in [-0.4, -0.2) is 70.6 Å². The second kappa shape index (κ2) is 11.1. The average molecular weight is 494 g/mol. The van der Waals surface area contributed by atoms with Crippen LogP contribution in [0.15, 0.2) is 29.1 Å². The van der Waals surface area contributed by atoms with Crippen molar-refractivity contribution in [2.24, 2.45) is 0 Å². The van der Waals surface area contributed by atoms with Crippen molar-refractivity contribution in [2.45, 2.75) is 63.7 Å². The Morgan fingerprint density at radius 2 is 1.80 bits per heavy atom. The lowest BCUT2D eigenvalue weighted by Gasteiger charge is -2.40. The van der Waals surface area contributed by atoms with Crippen LogP contribution in [0.2, 0.25) is 0 Å². The van der Waals surface area contributed by atoms with Crippen LogP contribution in [-0.2, 0) is 11.0 Å². The molecule has 0 spiro atoms. The molecule has 192 valence electrons. The van der Waals surface area contributed by atoms with Crippen molar-refractivity contribution in [1.29, 1.82) is 0 Å². The van der Waals surface area contributed by atoms with Crippen LogP contribution in [0.4, 0.5) is 13.2 Å². The predicted octanol–water partition coefficient (Wildman–Crippen LogP) is 3.43. The maximum absolute atomic E-state index is 13.4. The van der Waals surface area contributed by atoms with Gasteiger partial charge in [-0.3, -0.25) is 19.1 Å². The molecule has 0 bridgehead atoms. The van der Waals surface area contributed by atoms with Crippen molar-refractivity contribution in [3.05, 3.63) is 40.3 Å². The number of rotatable bonds is 7. The van der Waals surface area contributed by atoms with E-state index in [4.69, 9.17) is 0 Å². The Bertz CT molecular complexity index is 1070. The summed E-state index contributed by atoms with van der Waals surface area (Å²) in [6.07, 6.45) is 2.48. The number of hydrogen-bond acceptors (Lipinski definition) is 5. The number of carbonyl (C=O) groups excluding carboxylic acids is 1. The Morgan fingerprint density at radius 1 is 1.11 bits per heavy atom. The molecule has 1 aliphatic heterocycles. The zero-order valence-electron chi connectivity index (χ0n) is 20.2. The second-order valence-electron chi connectivity index (χ2n) is 9.61. The van der Waals surface area contributed by atoms with E-state index in [2.05, 4.69) is 20.1 Å². The molecule has 1 atom stereocenters. The van der Waals surface area contributed by atoms with Gasteiger partial charge in [-0.1, -0.05) is 31.4 Å². The molecule has 35 heavy (non-hydrogen) atoms. The van der Waals surface area contributed by atoms with E-state index in [0.717, 1.165) is 49.8 Å². The number of para-hydroxylation sites is 2. The number of nitrogens with one attached hydrogen (secondary N) is 1. The molecule has 2 aliphatic rings. The van der Waals surface area contributed by atoms with Crippen molar-refractivity contribution in [3.8, 4) is 0 Å². The largest absolute Gasteiger partial charge is 0.438 e. The number of carbonyl (C=O) groups is 1. The van der Waals surface area contributed by atoms with Gasteiger partial charge < -0.3 is 10.2 Å². The van der Waals surface area contributed by atoms with Gasteiger partial charge in [-0.05, 0) is 44.9 Å². The molecule has 1 aromatic carbocycles. The Labute approximate surface area is 203 Å². The maximum atomic E-state index is 13.4. The number of piperazine rings is 1. The first-order chi connectivity index (χ1) is 16.8. The Kier molecular flexibility index (Phi) is 8.11.